The molecular formula is C4H8O4S. The van der Waals surface area contributed by atoms with Crippen molar-refractivity contribution in [3.05, 3.63) is 0 Å². The average molecular weight is 152 g/mol. The van der Waals surface area contributed by atoms with Crippen LogP contribution < -0.4 is 0 Å². The quantitative estimate of drug-likeness (QED) is 0.457. The maximum absolute atomic E-state index is 10.5. The molecular weight excluding hydrogens is 144 g/mol. The molecule has 5 heteroatoms. The normalized spacial score (nSPS) is 34.1. The first-order chi connectivity index (χ1) is 4.10. The molecule has 1 aliphatic rings. The van der Waals surface area contributed by atoms with E-state index in [0.717, 1.165) is 0 Å². The Balaban J connectivity index is 2.62. The van der Waals surface area contributed by atoms with E-state index in [9.17, 15) is 8.42 Å². The van der Waals surface area contributed by atoms with Crippen LogP contribution in [0.4, 0.5) is 0 Å². The number of hydrogen-bond donors (Lipinski definition) is 1. The van der Waals surface area contributed by atoms with Crippen molar-refractivity contribution in [2.75, 3.05) is 12.4 Å². The second-order valence-corrected chi connectivity index (χ2v) is 3.67. The molecule has 0 saturated carbocycles. The molecule has 0 aromatic carbocycles. The Morgan fingerprint density at radius 3 is 2.56 bits per heavy atom. The standard InChI is InChI=1S/C4H8O4S/c5-4-1-2-8-9(6,7)3-4/h4-5H,1-3H2. The van der Waals surface area contributed by atoms with Crippen LogP contribution >= 0.6 is 0 Å². The molecule has 9 heavy (non-hydrogen) atoms. The zero-order valence-corrected chi connectivity index (χ0v) is 5.60. The predicted octanol–water partition coefficient (Wildman–Crippen LogP) is -0.903. The molecule has 0 bridgehead atoms. The van der Waals surface area contributed by atoms with Gasteiger partial charge < -0.3 is 5.11 Å². The maximum Gasteiger partial charge on any atom is 0.269 e. The third kappa shape index (κ3) is 1.92. The van der Waals surface area contributed by atoms with E-state index in [2.05, 4.69) is 4.18 Å². The highest BCUT2D eigenvalue weighted by Gasteiger charge is 2.23. The highest BCUT2D eigenvalue weighted by Crippen LogP contribution is 2.07. The lowest BCUT2D eigenvalue weighted by atomic mass is 10.3. The fraction of sp³-hybridized carbons (Fsp3) is 1.00. The summed E-state index contributed by atoms with van der Waals surface area (Å²) in [6.45, 7) is 0.115. The molecule has 0 radical (unpaired) electrons. The first kappa shape index (κ1) is 6.98. The maximum atomic E-state index is 10.5. The predicted molar refractivity (Wildman–Crippen MR) is 30.4 cm³/mol. The van der Waals surface area contributed by atoms with Gasteiger partial charge in [0.1, 0.15) is 5.75 Å². The van der Waals surface area contributed by atoms with E-state index < -0.39 is 16.2 Å². The third-order valence-corrected chi connectivity index (χ3v) is 2.43. The van der Waals surface area contributed by atoms with Gasteiger partial charge in [0.2, 0.25) is 0 Å². The molecule has 1 aliphatic heterocycles. The molecule has 1 atom stereocenters. The lowest BCUT2D eigenvalue weighted by molar-refractivity contribution is 0.137. The largest absolute Gasteiger partial charge is 0.392 e. The van der Waals surface area contributed by atoms with E-state index >= 15 is 0 Å². The zero-order chi connectivity index (χ0) is 6.91. The minimum atomic E-state index is -3.38. The molecule has 1 saturated heterocycles. The summed E-state index contributed by atoms with van der Waals surface area (Å²) < 4.78 is 25.3. The Bertz CT molecular complexity index is 183. The molecule has 0 aliphatic carbocycles. The molecule has 1 rings (SSSR count). The van der Waals surface area contributed by atoms with Crippen molar-refractivity contribution < 1.29 is 17.7 Å². The van der Waals surface area contributed by atoms with Gasteiger partial charge in [-0.1, -0.05) is 0 Å². The van der Waals surface area contributed by atoms with Crippen LogP contribution in [0.25, 0.3) is 0 Å². The van der Waals surface area contributed by atoms with Crippen molar-refractivity contribution in [3.63, 3.8) is 0 Å². The summed E-state index contributed by atoms with van der Waals surface area (Å²) in [5, 5.41) is 8.79. The van der Waals surface area contributed by atoms with Crippen LogP contribution in [0.1, 0.15) is 6.42 Å². The fourth-order valence-corrected chi connectivity index (χ4v) is 1.76. The summed E-state index contributed by atoms with van der Waals surface area (Å²) >= 11 is 0. The lowest BCUT2D eigenvalue weighted by Crippen LogP contribution is -2.29. The SMILES string of the molecule is O=S1(=O)CC(O)CCO1. The Kier molecular flexibility index (Phi) is 1.74. The van der Waals surface area contributed by atoms with Crippen molar-refractivity contribution in [3.8, 4) is 0 Å². The van der Waals surface area contributed by atoms with Gasteiger partial charge in [0.05, 0.1) is 12.7 Å². The van der Waals surface area contributed by atoms with Crippen LogP contribution in [-0.2, 0) is 14.3 Å². The van der Waals surface area contributed by atoms with E-state index in [1.54, 1.807) is 0 Å². The molecule has 0 spiro atoms. The number of rotatable bonds is 0. The summed E-state index contributed by atoms with van der Waals surface area (Å²) in [4.78, 5) is 0. The molecule has 0 amide bonds. The van der Waals surface area contributed by atoms with Gasteiger partial charge >= 0.3 is 0 Å². The minimum Gasteiger partial charge on any atom is -0.392 e. The molecule has 1 fully saturated rings. The van der Waals surface area contributed by atoms with Crippen LogP contribution in [0, 0.1) is 0 Å². The van der Waals surface area contributed by atoms with E-state index in [1.165, 1.54) is 0 Å². The van der Waals surface area contributed by atoms with Crippen molar-refractivity contribution in [1.82, 2.24) is 0 Å². The van der Waals surface area contributed by atoms with Gasteiger partial charge in [-0.15, -0.1) is 0 Å². The minimum absolute atomic E-state index is 0.115. The first-order valence-corrected chi connectivity index (χ1v) is 4.23. The Hall–Kier alpha value is -0.130. The van der Waals surface area contributed by atoms with Crippen LogP contribution in [0.5, 0.6) is 0 Å². The van der Waals surface area contributed by atoms with Crippen LogP contribution in [-0.4, -0.2) is 32.0 Å². The molecule has 54 valence electrons. The van der Waals surface area contributed by atoms with E-state index in [4.69, 9.17) is 5.11 Å². The first-order valence-electron chi connectivity index (χ1n) is 2.65. The molecule has 1 N–H and O–H groups in total. The zero-order valence-electron chi connectivity index (χ0n) is 4.78. The highest BCUT2D eigenvalue weighted by atomic mass is 32.2. The number of aliphatic hydroxyl groups is 1. The van der Waals surface area contributed by atoms with Crippen LogP contribution in [0.15, 0.2) is 0 Å². The molecule has 0 aromatic rings. The van der Waals surface area contributed by atoms with Gasteiger partial charge in [-0.2, -0.15) is 8.42 Å². The van der Waals surface area contributed by atoms with Gasteiger partial charge in [-0.25, -0.2) is 0 Å². The van der Waals surface area contributed by atoms with Crippen molar-refractivity contribution in [1.29, 1.82) is 0 Å². The van der Waals surface area contributed by atoms with Crippen LogP contribution in [0.2, 0.25) is 0 Å². The summed E-state index contributed by atoms with van der Waals surface area (Å²) in [5.74, 6) is -0.257. The second-order valence-electron chi connectivity index (χ2n) is 1.99. The summed E-state index contributed by atoms with van der Waals surface area (Å²) in [5.41, 5.74) is 0. The fourth-order valence-electron chi connectivity index (χ4n) is 0.678. The van der Waals surface area contributed by atoms with Crippen LogP contribution in [0.3, 0.4) is 0 Å². The molecule has 0 aromatic heterocycles. The number of hydrogen-bond acceptors (Lipinski definition) is 4. The second kappa shape index (κ2) is 2.24. The Morgan fingerprint density at radius 1 is 1.56 bits per heavy atom. The number of aliphatic hydroxyl groups excluding tert-OH is 1. The van der Waals surface area contributed by atoms with Gasteiger partial charge in [-0.3, -0.25) is 4.18 Å². The van der Waals surface area contributed by atoms with Gasteiger partial charge in [-0.05, 0) is 6.42 Å². The topological polar surface area (TPSA) is 63.6 Å². The Labute approximate surface area is 53.6 Å². The van der Waals surface area contributed by atoms with Gasteiger partial charge in [0, 0.05) is 0 Å². The van der Waals surface area contributed by atoms with Crippen molar-refractivity contribution >= 4 is 10.1 Å². The van der Waals surface area contributed by atoms with E-state index in [1.807, 2.05) is 0 Å². The third-order valence-electron chi connectivity index (χ3n) is 1.11. The summed E-state index contributed by atoms with van der Waals surface area (Å²) in [6, 6.07) is 0. The van der Waals surface area contributed by atoms with E-state index in [0.29, 0.717) is 6.42 Å². The molecule has 1 unspecified atom stereocenters. The summed E-state index contributed by atoms with van der Waals surface area (Å²) in [6.07, 6.45) is -0.317. The monoisotopic (exact) mass is 152 g/mol. The average Bonchev–Trinajstić information content (AvgIpc) is 1.60. The molecule has 1 heterocycles. The van der Waals surface area contributed by atoms with Gasteiger partial charge in [0.25, 0.3) is 10.1 Å². The highest BCUT2D eigenvalue weighted by molar-refractivity contribution is 7.86. The van der Waals surface area contributed by atoms with E-state index in [-0.39, 0.29) is 12.4 Å². The van der Waals surface area contributed by atoms with Crippen molar-refractivity contribution in [2.24, 2.45) is 0 Å². The Morgan fingerprint density at radius 2 is 2.22 bits per heavy atom. The lowest BCUT2D eigenvalue weighted by Gasteiger charge is -2.15. The smallest absolute Gasteiger partial charge is 0.269 e. The van der Waals surface area contributed by atoms with Crippen molar-refractivity contribution in [2.45, 2.75) is 12.5 Å². The summed E-state index contributed by atoms with van der Waals surface area (Å²) in [7, 11) is -3.38. The molecule has 4 nitrogen and oxygen atoms in total. The van der Waals surface area contributed by atoms with Gasteiger partial charge in [0.15, 0.2) is 0 Å².